The first-order valence-corrected chi connectivity index (χ1v) is 6.48. The van der Waals surface area contributed by atoms with Crippen molar-refractivity contribution in [3.63, 3.8) is 0 Å². The second-order valence-corrected chi connectivity index (χ2v) is 5.00. The van der Waals surface area contributed by atoms with Crippen molar-refractivity contribution >= 4 is 62.4 Å². The fourth-order valence-electron chi connectivity index (χ4n) is 1.13. The molecule has 1 aromatic heterocycles. The lowest BCUT2D eigenvalue weighted by molar-refractivity contribution is 0.530. The summed E-state index contributed by atoms with van der Waals surface area (Å²) >= 11 is 20.9. The third-order valence-corrected chi connectivity index (χ3v) is 3.10. The van der Waals surface area contributed by atoms with Gasteiger partial charge in [-0.05, 0) is 12.1 Å². The molecule has 0 saturated carbocycles. The van der Waals surface area contributed by atoms with Crippen LogP contribution in [-0.4, -0.2) is 10.2 Å². The van der Waals surface area contributed by atoms with Gasteiger partial charge in [0.25, 0.3) is 0 Å². The van der Waals surface area contributed by atoms with Crippen molar-refractivity contribution in [1.29, 1.82) is 0 Å². The molecule has 0 bridgehead atoms. The molecular weight excluding hydrogens is 352 g/mol. The highest BCUT2D eigenvalue weighted by Crippen LogP contribution is 2.35. The lowest BCUT2D eigenvalue weighted by Crippen LogP contribution is -1.92. The molecule has 2 aromatic rings. The Bertz CT molecular complexity index is 523. The summed E-state index contributed by atoms with van der Waals surface area (Å²) in [5.41, 5.74) is 0.501. The van der Waals surface area contributed by atoms with E-state index in [1.807, 2.05) is 0 Å². The molecule has 0 aliphatic rings. The summed E-state index contributed by atoms with van der Waals surface area (Å²) in [7, 11) is 0. The number of benzene rings is 1. The third kappa shape index (κ3) is 3.04. The molecule has 0 aliphatic heterocycles. The van der Waals surface area contributed by atoms with E-state index in [-0.39, 0.29) is 11.9 Å². The van der Waals surface area contributed by atoms with Crippen LogP contribution in [0, 0.1) is 0 Å². The number of hydrogen-bond donors (Lipinski definition) is 1. The van der Waals surface area contributed by atoms with E-state index in [9.17, 15) is 0 Å². The van der Waals surface area contributed by atoms with E-state index in [2.05, 4.69) is 31.4 Å². The van der Waals surface area contributed by atoms with Crippen molar-refractivity contribution in [3.05, 3.63) is 32.5 Å². The van der Waals surface area contributed by atoms with Crippen LogP contribution < -0.4 is 5.32 Å². The van der Waals surface area contributed by atoms with Gasteiger partial charge in [0.05, 0.1) is 15.7 Å². The van der Waals surface area contributed by atoms with Crippen molar-refractivity contribution in [1.82, 2.24) is 10.2 Å². The van der Waals surface area contributed by atoms with Gasteiger partial charge in [0.1, 0.15) is 5.88 Å². The Hall–Kier alpha value is -0.490. The molecule has 17 heavy (non-hydrogen) atoms. The predicted octanol–water partition coefficient (Wildman–Crippen LogP) is 4.62. The van der Waals surface area contributed by atoms with Crippen molar-refractivity contribution in [2.24, 2.45) is 0 Å². The Morgan fingerprint density at radius 2 is 1.88 bits per heavy atom. The number of rotatable bonds is 3. The first-order chi connectivity index (χ1) is 8.10. The van der Waals surface area contributed by atoms with E-state index >= 15 is 0 Å². The van der Waals surface area contributed by atoms with Gasteiger partial charge in [0.2, 0.25) is 5.89 Å². The molecule has 0 unspecified atom stereocenters. The van der Waals surface area contributed by atoms with Gasteiger partial charge in [-0.15, -0.1) is 16.7 Å². The number of hydrogen-bond acceptors (Lipinski definition) is 4. The molecule has 0 saturated heterocycles. The van der Waals surface area contributed by atoms with Gasteiger partial charge in [0, 0.05) is 4.47 Å². The summed E-state index contributed by atoms with van der Waals surface area (Å²) in [5.74, 6) is 0.467. The van der Waals surface area contributed by atoms with Crippen LogP contribution >= 0.6 is 50.7 Å². The summed E-state index contributed by atoms with van der Waals surface area (Å²) in [6.07, 6.45) is 0. The highest BCUT2D eigenvalue weighted by atomic mass is 79.9. The first kappa shape index (κ1) is 13.0. The molecule has 1 heterocycles. The maximum absolute atomic E-state index is 6.03. The van der Waals surface area contributed by atoms with Gasteiger partial charge >= 0.3 is 6.01 Å². The zero-order chi connectivity index (χ0) is 12.4. The smallest absolute Gasteiger partial charge is 0.320 e. The van der Waals surface area contributed by atoms with E-state index < -0.39 is 0 Å². The van der Waals surface area contributed by atoms with Crippen LogP contribution in [0.15, 0.2) is 21.0 Å². The molecule has 8 heteroatoms. The SMILES string of the molecule is ClCc1nnc(Nc2c(Cl)cc(Br)cc2Cl)o1. The molecule has 0 aliphatic carbocycles. The van der Waals surface area contributed by atoms with Crippen molar-refractivity contribution in [2.75, 3.05) is 5.32 Å². The summed E-state index contributed by atoms with van der Waals surface area (Å²) in [6, 6.07) is 3.59. The standard InChI is InChI=1S/C9H5BrCl3N3O/c10-4-1-5(12)8(6(13)2-4)14-9-16-15-7(3-11)17-9/h1-2H,3H2,(H,14,16). The average molecular weight is 357 g/mol. The second kappa shape index (κ2) is 5.44. The zero-order valence-corrected chi connectivity index (χ0v) is 12.0. The van der Waals surface area contributed by atoms with Gasteiger partial charge in [-0.1, -0.05) is 44.2 Å². The Balaban J connectivity index is 2.29. The molecule has 2 rings (SSSR count). The molecular formula is C9H5BrCl3N3O. The van der Waals surface area contributed by atoms with Crippen LogP contribution in [0.4, 0.5) is 11.7 Å². The summed E-state index contributed by atoms with van der Waals surface area (Å²) in [4.78, 5) is 0. The molecule has 0 amide bonds. The van der Waals surface area contributed by atoms with Gasteiger partial charge < -0.3 is 9.73 Å². The Morgan fingerprint density at radius 1 is 1.24 bits per heavy atom. The monoisotopic (exact) mass is 355 g/mol. The number of anilines is 2. The van der Waals surface area contributed by atoms with Crippen molar-refractivity contribution < 1.29 is 4.42 Å². The fourth-order valence-corrected chi connectivity index (χ4v) is 2.54. The van der Waals surface area contributed by atoms with Crippen LogP contribution in [-0.2, 0) is 5.88 Å². The number of alkyl halides is 1. The highest BCUT2D eigenvalue weighted by molar-refractivity contribution is 9.10. The van der Waals surface area contributed by atoms with E-state index in [1.165, 1.54) is 0 Å². The second-order valence-electron chi connectivity index (χ2n) is 3.00. The topological polar surface area (TPSA) is 51.0 Å². The number of aromatic nitrogens is 2. The summed E-state index contributed by atoms with van der Waals surface area (Å²) in [5, 5.41) is 11.2. The molecule has 0 spiro atoms. The molecule has 0 radical (unpaired) electrons. The molecule has 1 N–H and O–H groups in total. The van der Waals surface area contributed by atoms with E-state index in [0.29, 0.717) is 21.6 Å². The molecule has 4 nitrogen and oxygen atoms in total. The predicted molar refractivity (Wildman–Crippen MR) is 71.3 cm³/mol. The van der Waals surface area contributed by atoms with Gasteiger partial charge in [-0.25, -0.2) is 0 Å². The minimum Gasteiger partial charge on any atom is -0.407 e. The van der Waals surface area contributed by atoms with Crippen LogP contribution in [0.2, 0.25) is 10.0 Å². The Morgan fingerprint density at radius 3 is 2.41 bits per heavy atom. The highest BCUT2D eigenvalue weighted by Gasteiger charge is 2.11. The van der Waals surface area contributed by atoms with Crippen molar-refractivity contribution in [2.45, 2.75) is 5.88 Å². The first-order valence-electron chi connectivity index (χ1n) is 4.40. The van der Waals surface area contributed by atoms with E-state index in [4.69, 9.17) is 39.2 Å². The number of nitrogens with one attached hydrogen (secondary N) is 1. The summed E-state index contributed by atoms with van der Waals surface area (Å²) in [6.45, 7) is 0. The Labute approximate surface area is 120 Å². The number of halogens is 4. The van der Waals surface area contributed by atoms with Gasteiger partial charge in [0.15, 0.2) is 0 Å². The summed E-state index contributed by atoms with van der Waals surface area (Å²) < 4.78 is 5.97. The normalized spacial score (nSPS) is 10.6. The number of nitrogens with zero attached hydrogens (tertiary/aromatic N) is 2. The van der Waals surface area contributed by atoms with Gasteiger partial charge in [-0.3, -0.25) is 0 Å². The maximum Gasteiger partial charge on any atom is 0.320 e. The van der Waals surface area contributed by atoms with Crippen LogP contribution in [0.25, 0.3) is 0 Å². The quantitative estimate of drug-likeness (QED) is 0.814. The molecule has 0 atom stereocenters. The largest absolute Gasteiger partial charge is 0.407 e. The zero-order valence-electron chi connectivity index (χ0n) is 8.18. The van der Waals surface area contributed by atoms with Gasteiger partial charge in [-0.2, -0.15) is 0 Å². The van der Waals surface area contributed by atoms with Crippen molar-refractivity contribution in [3.8, 4) is 0 Å². The van der Waals surface area contributed by atoms with E-state index in [1.54, 1.807) is 12.1 Å². The van der Waals surface area contributed by atoms with Crippen LogP contribution in [0.5, 0.6) is 0 Å². The molecule has 0 fully saturated rings. The molecule has 90 valence electrons. The van der Waals surface area contributed by atoms with E-state index in [0.717, 1.165) is 4.47 Å². The maximum atomic E-state index is 6.03. The lowest BCUT2D eigenvalue weighted by Gasteiger charge is -2.07. The van der Waals surface area contributed by atoms with Crippen LogP contribution in [0.1, 0.15) is 5.89 Å². The minimum absolute atomic E-state index is 0.149. The van der Waals surface area contributed by atoms with Crippen LogP contribution in [0.3, 0.4) is 0 Å². The Kier molecular flexibility index (Phi) is 4.14. The lowest BCUT2D eigenvalue weighted by atomic mass is 10.3. The fraction of sp³-hybridized carbons (Fsp3) is 0.111. The third-order valence-electron chi connectivity index (χ3n) is 1.82. The average Bonchev–Trinajstić information content (AvgIpc) is 2.71. The molecule has 1 aromatic carbocycles. The minimum atomic E-state index is 0.149.